The summed E-state index contributed by atoms with van der Waals surface area (Å²) in [5.74, 6) is -0.409. The van der Waals surface area contributed by atoms with Crippen molar-refractivity contribution >= 4 is 11.9 Å². The maximum atomic E-state index is 12.4. The average Bonchev–Trinajstić information content (AvgIpc) is 2.76. The molecule has 1 amide bonds. The van der Waals surface area contributed by atoms with Crippen molar-refractivity contribution in [3.05, 3.63) is 17.0 Å². The lowest BCUT2D eigenvalue weighted by Crippen LogP contribution is -2.53. The van der Waals surface area contributed by atoms with E-state index in [0.29, 0.717) is 43.2 Å². The van der Waals surface area contributed by atoms with Gasteiger partial charge in [0.25, 0.3) is 5.91 Å². The summed E-state index contributed by atoms with van der Waals surface area (Å²) < 4.78 is 5.01. The van der Waals surface area contributed by atoms with E-state index >= 15 is 0 Å². The van der Waals surface area contributed by atoms with Crippen molar-refractivity contribution in [2.24, 2.45) is 0 Å². The number of carboxylic acid groups (broad SMARTS) is 1. The minimum atomic E-state index is -0.837. The number of carbonyl (C=O) groups excluding carboxylic acids is 1. The Morgan fingerprint density at radius 3 is 2.30 bits per heavy atom. The molecule has 0 saturated carbocycles. The lowest BCUT2D eigenvalue weighted by molar-refractivity contribution is -0.143. The number of carboxylic acids is 1. The van der Waals surface area contributed by atoms with Crippen LogP contribution in [0.25, 0.3) is 0 Å². The van der Waals surface area contributed by atoms with Crippen LogP contribution < -0.4 is 0 Å². The zero-order chi connectivity index (χ0) is 14.9. The molecule has 2 heterocycles. The van der Waals surface area contributed by atoms with Gasteiger partial charge < -0.3 is 14.5 Å². The molecule has 1 N–H and O–H groups in total. The maximum Gasteiger partial charge on any atom is 0.320 e. The quantitative estimate of drug-likeness (QED) is 0.869. The Balaban J connectivity index is 2.01. The molecule has 1 fully saturated rings. The highest BCUT2D eigenvalue weighted by Crippen LogP contribution is 2.17. The number of amides is 1. The summed E-state index contributed by atoms with van der Waals surface area (Å²) in [6.45, 7) is 7.27. The second-order valence-corrected chi connectivity index (χ2v) is 5.04. The predicted octanol–water partition coefficient (Wildman–Crippen LogP) is 0.522. The first-order chi connectivity index (χ1) is 9.41. The van der Waals surface area contributed by atoms with Crippen LogP contribution in [0.15, 0.2) is 4.52 Å². The highest BCUT2D eigenvalue weighted by atomic mass is 16.5. The summed E-state index contributed by atoms with van der Waals surface area (Å²) in [4.78, 5) is 26.9. The fourth-order valence-corrected chi connectivity index (χ4v) is 2.41. The first kappa shape index (κ1) is 14.5. The van der Waals surface area contributed by atoms with Crippen LogP contribution in [0.5, 0.6) is 0 Å². The molecule has 1 unspecified atom stereocenters. The van der Waals surface area contributed by atoms with Crippen molar-refractivity contribution in [3.8, 4) is 0 Å². The molecule has 20 heavy (non-hydrogen) atoms. The van der Waals surface area contributed by atoms with Crippen molar-refractivity contribution in [1.29, 1.82) is 0 Å². The number of rotatable bonds is 3. The van der Waals surface area contributed by atoms with Gasteiger partial charge in [0.2, 0.25) is 0 Å². The number of carbonyl (C=O) groups is 2. The van der Waals surface area contributed by atoms with E-state index in [9.17, 15) is 9.59 Å². The summed E-state index contributed by atoms with van der Waals surface area (Å²) in [6, 6.07) is -0.522. The molecule has 0 spiro atoms. The topological polar surface area (TPSA) is 86.9 Å². The van der Waals surface area contributed by atoms with Gasteiger partial charge in [-0.25, -0.2) is 0 Å². The number of nitrogens with zero attached hydrogens (tertiary/aromatic N) is 3. The molecule has 1 aromatic heterocycles. The van der Waals surface area contributed by atoms with E-state index in [0.717, 1.165) is 0 Å². The van der Waals surface area contributed by atoms with Crippen molar-refractivity contribution in [2.75, 3.05) is 26.2 Å². The smallest absolute Gasteiger partial charge is 0.320 e. The molecular weight excluding hydrogens is 262 g/mol. The molecule has 1 aromatic rings. The van der Waals surface area contributed by atoms with E-state index in [2.05, 4.69) is 5.16 Å². The van der Waals surface area contributed by atoms with Gasteiger partial charge in [-0.3, -0.25) is 14.5 Å². The largest absolute Gasteiger partial charge is 0.480 e. The van der Waals surface area contributed by atoms with Gasteiger partial charge in [0.1, 0.15) is 17.4 Å². The average molecular weight is 281 g/mol. The standard InChI is InChI=1S/C13H19N3O4/c1-8-11(10(3)20-14-8)12(17)16-6-4-15(5-7-16)9(2)13(18)19/h9H,4-7H2,1-3H3,(H,18,19). The molecule has 1 atom stereocenters. The molecule has 1 aliphatic rings. The molecule has 1 saturated heterocycles. The first-order valence-corrected chi connectivity index (χ1v) is 6.60. The minimum Gasteiger partial charge on any atom is -0.480 e. The predicted molar refractivity (Wildman–Crippen MR) is 70.6 cm³/mol. The van der Waals surface area contributed by atoms with Gasteiger partial charge in [0, 0.05) is 26.2 Å². The SMILES string of the molecule is Cc1noc(C)c1C(=O)N1CCN(C(C)C(=O)O)CC1. The van der Waals surface area contributed by atoms with Crippen molar-refractivity contribution < 1.29 is 19.2 Å². The molecule has 0 aromatic carbocycles. The third-order valence-electron chi connectivity index (χ3n) is 3.75. The van der Waals surface area contributed by atoms with E-state index in [1.165, 1.54) is 0 Å². The molecule has 7 heteroatoms. The minimum absolute atomic E-state index is 0.0936. The fourth-order valence-electron chi connectivity index (χ4n) is 2.41. The third-order valence-corrected chi connectivity index (χ3v) is 3.75. The van der Waals surface area contributed by atoms with Gasteiger partial charge in [0.15, 0.2) is 0 Å². The highest BCUT2D eigenvalue weighted by molar-refractivity contribution is 5.96. The number of aryl methyl sites for hydroxylation is 2. The maximum absolute atomic E-state index is 12.4. The fraction of sp³-hybridized carbons (Fsp3) is 0.615. The van der Waals surface area contributed by atoms with Gasteiger partial charge in [-0.1, -0.05) is 5.16 Å². The number of piperazine rings is 1. The molecule has 0 bridgehead atoms. The van der Waals surface area contributed by atoms with Crippen LogP contribution in [0.4, 0.5) is 0 Å². The summed E-state index contributed by atoms with van der Waals surface area (Å²) in [6.07, 6.45) is 0. The monoisotopic (exact) mass is 281 g/mol. The lowest BCUT2D eigenvalue weighted by Gasteiger charge is -2.36. The van der Waals surface area contributed by atoms with Crippen LogP contribution >= 0.6 is 0 Å². The molecule has 0 aliphatic carbocycles. The summed E-state index contributed by atoms with van der Waals surface area (Å²) in [5, 5.41) is 12.8. The first-order valence-electron chi connectivity index (χ1n) is 6.60. The Labute approximate surface area is 117 Å². The molecule has 1 aliphatic heterocycles. The second kappa shape index (κ2) is 5.62. The Kier molecular flexibility index (Phi) is 4.08. The van der Waals surface area contributed by atoms with Crippen LogP contribution in [-0.2, 0) is 4.79 Å². The van der Waals surface area contributed by atoms with Crippen LogP contribution in [0.2, 0.25) is 0 Å². The Morgan fingerprint density at radius 2 is 1.85 bits per heavy atom. The van der Waals surface area contributed by atoms with E-state index < -0.39 is 12.0 Å². The Bertz CT molecular complexity index is 498. The summed E-state index contributed by atoms with van der Waals surface area (Å²) in [5.41, 5.74) is 1.11. The number of hydrogen-bond donors (Lipinski definition) is 1. The van der Waals surface area contributed by atoms with Crippen LogP contribution in [0, 0.1) is 13.8 Å². The Hall–Kier alpha value is -1.89. The van der Waals surface area contributed by atoms with E-state index in [1.54, 1.807) is 25.7 Å². The molecular formula is C13H19N3O4. The number of hydrogen-bond acceptors (Lipinski definition) is 5. The third kappa shape index (κ3) is 2.67. The van der Waals surface area contributed by atoms with Gasteiger partial charge in [-0.05, 0) is 20.8 Å². The van der Waals surface area contributed by atoms with Crippen molar-refractivity contribution in [3.63, 3.8) is 0 Å². The van der Waals surface area contributed by atoms with Crippen molar-refractivity contribution in [1.82, 2.24) is 15.0 Å². The molecule has 7 nitrogen and oxygen atoms in total. The Morgan fingerprint density at radius 1 is 1.25 bits per heavy atom. The summed E-state index contributed by atoms with van der Waals surface area (Å²) in [7, 11) is 0. The molecule has 0 radical (unpaired) electrons. The van der Waals surface area contributed by atoms with Crippen LogP contribution in [0.1, 0.15) is 28.7 Å². The van der Waals surface area contributed by atoms with E-state index in [4.69, 9.17) is 9.63 Å². The molecule has 2 rings (SSSR count). The van der Waals surface area contributed by atoms with Gasteiger partial charge >= 0.3 is 5.97 Å². The zero-order valence-corrected chi connectivity index (χ0v) is 11.9. The van der Waals surface area contributed by atoms with Crippen molar-refractivity contribution in [2.45, 2.75) is 26.8 Å². The summed E-state index contributed by atoms with van der Waals surface area (Å²) >= 11 is 0. The molecule has 110 valence electrons. The number of aromatic nitrogens is 1. The van der Waals surface area contributed by atoms with Gasteiger partial charge in [0.05, 0.1) is 5.69 Å². The van der Waals surface area contributed by atoms with Gasteiger partial charge in [-0.15, -0.1) is 0 Å². The normalized spacial score (nSPS) is 18.1. The van der Waals surface area contributed by atoms with E-state index in [-0.39, 0.29) is 5.91 Å². The van der Waals surface area contributed by atoms with Gasteiger partial charge in [-0.2, -0.15) is 0 Å². The lowest BCUT2D eigenvalue weighted by atomic mass is 10.1. The second-order valence-electron chi connectivity index (χ2n) is 5.04. The van der Waals surface area contributed by atoms with Crippen LogP contribution in [-0.4, -0.2) is 64.2 Å². The number of aliphatic carboxylic acids is 1. The van der Waals surface area contributed by atoms with E-state index in [1.807, 2.05) is 4.90 Å². The zero-order valence-electron chi connectivity index (χ0n) is 11.9. The highest BCUT2D eigenvalue weighted by Gasteiger charge is 2.29. The van der Waals surface area contributed by atoms with Crippen LogP contribution in [0.3, 0.4) is 0 Å².